The quantitative estimate of drug-likeness (QED) is 0.722. The van der Waals surface area contributed by atoms with Crippen LogP contribution in [0, 0.1) is 6.92 Å². The first-order chi connectivity index (χ1) is 10.7. The summed E-state index contributed by atoms with van der Waals surface area (Å²) in [7, 11) is 0.466. The van der Waals surface area contributed by atoms with Crippen molar-refractivity contribution in [1.29, 1.82) is 0 Å². The summed E-state index contributed by atoms with van der Waals surface area (Å²) >= 11 is 0. The molecule has 0 aliphatic carbocycles. The SMILES string of the molecule is Cc1ccc(CNC(=O)CCN(CCN(C)C)S(C)(=O)=O)cc1. The molecule has 0 radical (unpaired) electrons. The predicted octanol–water partition coefficient (Wildman–Crippen LogP) is 0.825. The van der Waals surface area contributed by atoms with Gasteiger partial charge in [-0.15, -0.1) is 0 Å². The van der Waals surface area contributed by atoms with Gasteiger partial charge in [0.05, 0.1) is 6.26 Å². The van der Waals surface area contributed by atoms with Crippen LogP contribution < -0.4 is 5.32 Å². The minimum atomic E-state index is -3.30. The van der Waals surface area contributed by atoms with Crippen molar-refractivity contribution in [3.63, 3.8) is 0 Å². The topological polar surface area (TPSA) is 69.7 Å². The second-order valence-corrected chi connectivity index (χ2v) is 7.96. The number of benzene rings is 1. The molecule has 0 unspecified atom stereocenters. The maximum absolute atomic E-state index is 11.9. The summed E-state index contributed by atoms with van der Waals surface area (Å²) in [6, 6.07) is 7.92. The lowest BCUT2D eigenvalue weighted by atomic mass is 10.1. The van der Waals surface area contributed by atoms with E-state index in [9.17, 15) is 13.2 Å². The summed E-state index contributed by atoms with van der Waals surface area (Å²) in [6.07, 6.45) is 1.33. The monoisotopic (exact) mass is 341 g/mol. The Kier molecular flexibility index (Phi) is 7.67. The molecule has 6 nitrogen and oxygen atoms in total. The van der Waals surface area contributed by atoms with E-state index in [2.05, 4.69) is 5.32 Å². The molecule has 0 aliphatic heterocycles. The number of aryl methyl sites for hydroxylation is 1. The maximum Gasteiger partial charge on any atom is 0.221 e. The fourth-order valence-corrected chi connectivity index (χ4v) is 2.81. The molecule has 1 aromatic rings. The molecule has 0 heterocycles. The Labute approximate surface area is 139 Å². The first-order valence-electron chi connectivity index (χ1n) is 7.60. The maximum atomic E-state index is 11.9. The summed E-state index contributed by atoms with van der Waals surface area (Å²) in [5, 5.41) is 2.82. The Morgan fingerprint density at radius 2 is 1.70 bits per heavy atom. The van der Waals surface area contributed by atoms with E-state index < -0.39 is 10.0 Å². The van der Waals surface area contributed by atoms with Crippen molar-refractivity contribution in [1.82, 2.24) is 14.5 Å². The molecule has 0 bridgehead atoms. The van der Waals surface area contributed by atoms with Crippen molar-refractivity contribution >= 4 is 15.9 Å². The van der Waals surface area contributed by atoms with Gasteiger partial charge >= 0.3 is 0 Å². The molecule has 1 N–H and O–H groups in total. The zero-order valence-corrected chi connectivity index (χ0v) is 15.2. The van der Waals surface area contributed by atoms with Crippen LogP contribution >= 0.6 is 0 Å². The Bertz CT molecular complexity index is 598. The molecule has 23 heavy (non-hydrogen) atoms. The molecule has 1 aromatic carbocycles. The van der Waals surface area contributed by atoms with Crippen LogP contribution in [0.5, 0.6) is 0 Å². The normalized spacial score (nSPS) is 11.9. The highest BCUT2D eigenvalue weighted by Crippen LogP contribution is 2.03. The van der Waals surface area contributed by atoms with Crippen molar-refractivity contribution in [3.05, 3.63) is 35.4 Å². The third kappa shape index (κ3) is 8.11. The third-order valence-electron chi connectivity index (χ3n) is 3.46. The molecule has 0 saturated heterocycles. The number of nitrogens with one attached hydrogen (secondary N) is 1. The Balaban J connectivity index is 2.43. The molecular weight excluding hydrogens is 314 g/mol. The lowest BCUT2D eigenvalue weighted by molar-refractivity contribution is -0.121. The standard InChI is InChI=1S/C16H27N3O3S/c1-14-5-7-15(8-6-14)13-17-16(20)9-10-19(23(4,21)22)12-11-18(2)3/h5-8H,9-13H2,1-4H3,(H,17,20). The van der Waals surface area contributed by atoms with Crippen molar-refractivity contribution in [2.45, 2.75) is 19.9 Å². The van der Waals surface area contributed by atoms with Gasteiger partial charge in [0.2, 0.25) is 15.9 Å². The molecule has 0 atom stereocenters. The molecule has 1 amide bonds. The average molecular weight is 341 g/mol. The van der Waals surface area contributed by atoms with Crippen LogP contribution in [0.1, 0.15) is 17.5 Å². The van der Waals surface area contributed by atoms with Crippen molar-refractivity contribution in [3.8, 4) is 0 Å². The van der Waals surface area contributed by atoms with E-state index in [0.29, 0.717) is 19.6 Å². The molecule has 0 fully saturated rings. The van der Waals surface area contributed by atoms with Gasteiger partial charge in [0.15, 0.2) is 0 Å². The molecule has 0 aliphatic rings. The van der Waals surface area contributed by atoms with E-state index in [1.807, 2.05) is 50.2 Å². The van der Waals surface area contributed by atoms with Gasteiger partial charge in [0.25, 0.3) is 0 Å². The van der Waals surface area contributed by atoms with Crippen LogP contribution in [0.3, 0.4) is 0 Å². The molecule has 7 heteroatoms. The third-order valence-corrected chi connectivity index (χ3v) is 4.77. The summed E-state index contributed by atoms with van der Waals surface area (Å²) in [6.45, 7) is 3.67. The molecule has 0 aromatic heterocycles. The number of hydrogen-bond donors (Lipinski definition) is 1. The molecule has 130 valence electrons. The number of amides is 1. The number of nitrogens with zero attached hydrogens (tertiary/aromatic N) is 2. The van der Waals surface area contributed by atoms with E-state index in [0.717, 1.165) is 5.56 Å². The lowest BCUT2D eigenvalue weighted by Gasteiger charge is -2.21. The van der Waals surface area contributed by atoms with Crippen molar-refractivity contribution < 1.29 is 13.2 Å². The number of rotatable bonds is 9. The summed E-state index contributed by atoms with van der Waals surface area (Å²) in [5.41, 5.74) is 2.20. The molecule has 0 spiro atoms. The van der Waals surface area contributed by atoms with Gasteiger partial charge in [0.1, 0.15) is 0 Å². The molecule has 0 saturated carbocycles. The number of likely N-dealkylation sites (N-methyl/N-ethyl adjacent to an activating group) is 1. The zero-order valence-electron chi connectivity index (χ0n) is 14.4. The van der Waals surface area contributed by atoms with E-state index in [-0.39, 0.29) is 18.9 Å². The summed E-state index contributed by atoms with van der Waals surface area (Å²) < 4.78 is 24.8. The highest BCUT2D eigenvalue weighted by molar-refractivity contribution is 7.88. The van der Waals surface area contributed by atoms with Crippen LogP contribution in [-0.2, 0) is 21.4 Å². The minimum absolute atomic E-state index is 0.149. The second kappa shape index (κ2) is 9.00. The fourth-order valence-electron chi connectivity index (χ4n) is 1.98. The number of sulfonamides is 1. The first kappa shape index (κ1) is 19.6. The predicted molar refractivity (Wildman–Crippen MR) is 92.6 cm³/mol. The highest BCUT2D eigenvalue weighted by Gasteiger charge is 2.17. The molecule has 1 rings (SSSR count). The van der Waals surface area contributed by atoms with Crippen LogP contribution in [0.4, 0.5) is 0 Å². The number of carbonyl (C=O) groups is 1. The summed E-state index contributed by atoms with van der Waals surface area (Å²) in [5.74, 6) is -0.149. The number of hydrogen-bond acceptors (Lipinski definition) is 4. The molecular formula is C16H27N3O3S. The lowest BCUT2D eigenvalue weighted by Crippen LogP contribution is -2.38. The van der Waals surface area contributed by atoms with E-state index >= 15 is 0 Å². The van der Waals surface area contributed by atoms with Crippen LogP contribution in [0.15, 0.2) is 24.3 Å². The van der Waals surface area contributed by atoms with Gasteiger partial charge < -0.3 is 10.2 Å². The summed E-state index contributed by atoms with van der Waals surface area (Å²) in [4.78, 5) is 13.8. The van der Waals surface area contributed by atoms with Crippen LogP contribution in [0.25, 0.3) is 0 Å². The Hall–Kier alpha value is -1.44. The van der Waals surface area contributed by atoms with Crippen molar-refractivity contribution in [2.75, 3.05) is 40.0 Å². The van der Waals surface area contributed by atoms with Gasteiger partial charge in [0, 0.05) is 32.6 Å². The van der Waals surface area contributed by atoms with Crippen LogP contribution in [0.2, 0.25) is 0 Å². The van der Waals surface area contributed by atoms with Gasteiger partial charge in [-0.2, -0.15) is 0 Å². The van der Waals surface area contributed by atoms with Gasteiger partial charge in [-0.1, -0.05) is 29.8 Å². The largest absolute Gasteiger partial charge is 0.352 e. The zero-order chi connectivity index (χ0) is 17.5. The Morgan fingerprint density at radius 1 is 1.09 bits per heavy atom. The minimum Gasteiger partial charge on any atom is -0.352 e. The van der Waals surface area contributed by atoms with E-state index in [4.69, 9.17) is 0 Å². The van der Waals surface area contributed by atoms with E-state index in [1.54, 1.807) is 0 Å². The average Bonchev–Trinajstić information content (AvgIpc) is 2.44. The van der Waals surface area contributed by atoms with Crippen LogP contribution in [-0.4, -0.2) is 63.5 Å². The second-order valence-electron chi connectivity index (χ2n) is 5.98. The van der Waals surface area contributed by atoms with Gasteiger partial charge in [-0.25, -0.2) is 12.7 Å². The van der Waals surface area contributed by atoms with Gasteiger partial charge in [-0.3, -0.25) is 4.79 Å². The fraction of sp³-hybridized carbons (Fsp3) is 0.562. The van der Waals surface area contributed by atoms with Gasteiger partial charge in [-0.05, 0) is 26.6 Å². The number of carbonyl (C=O) groups excluding carboxylic acids is 1. The highest BCUT2D eigenvalue weighted by atomic mass is 32.2. The van der Waals surface area contributed by atoms with E-state index in [1.165, 1.54) is 16.1 Å². The Morgan fingerprint density at radius 3 is 2.22 bits per heavy atom. The smallest absolute Gasteiger partial charge is 0.221 e. The first-order valence-corrected chi connectivity index (χ1v) is 9.45. The van der Waals surface area contributed by atoms with Crippen molar-refractivity contribution in [2.24, 2.45) is 0 Å².